The Kier molecular flexibility index (Phi) is 6.46. The average Bonchev–Trinajstić information content (AvgIpc) is 2.87. The van der Waals surface area contributed by atoms with Gasteiger partial charge in [0.25, 0.3) is 5.56 Å². The topological polar surface area (TPSA) is 88.4 Å². The highest BCUT2D eigenvalue weighted by atomic mass is 35.5. The predicted molar refractivity (Wildman–Crippen MR) is 146 cm³/mol. The Labute approximate surface area is 223 Å². The third kappa shape index (κ3) is 4.64. The van der Waals surface area contributed by atoms with Gasteiger partial charge >= 0.3 is 0 Å². The van der Waals surface area contributed by atoms with E-state index < -0.39 is 5.56 Å². The maximum absolute atomic E-state index is 13.2. The van der Waals surface area contributed by atoms with Gasteiger partial charge in [-0.25, -0.2) is 9.97 Å². The van der Waals surface area contributed by atoms with E-state index in [0.29, 0.717) is 44.3 Å². The van der Waals surface area contributed by atoms with Crippen molar-refractivity contribution in [2.75, 3.05) is 49.6 Å². The Morgan fingerprint density at radius 3 is 2.35 bits per heavy atom. The second-order valence-electron chi connectivity index (χ2n) is 9.21. The molecule has 2 aromatic heterocycles. The van der Waals surface area contributed by atoms with Crippen LogP contribution < -0.4 is 15.8 Å². The molecule has 0 radical (unpaired) electrons. The molecule has 0 amide bonds. The van der Waals surface area contributed by atoms with Gasteiger partial charge in [0.1, 0.15) is 11.2 Å². The summed E-state index contributed by atoms with van der Waals surface area (Å²) in [5.74, 6) is 0.384. The zero-order chi connectivity index (χ0) is 25.5. The first-order valence-corrected chi connectivity index (χ1v) is 12.9. The Hall–Kier alpha value is -3.24. The number of para-hydroxylation sites is 1. The lowest BCUT2D eigenvalue weighted by atomic mass is 10.1. The van der Waals surface area contributed by atoms with Crippen LogP contribution in [-0.2, 0) is 4.74 Å². The maximum Gasteiger partial charge on any atom is 0.282 e. The van der Waals surface area contributed by atoms with Crippen molar-refractivity contribution in [2.24, 2.45) is 0 Å². The maximum atomic E-state index is 13.2. The highest BCUT2D eigenvalue weighted by Crippen LogP contribution is 2.28. The van der Waals surface area contributed by atoms with Gasteiger partial charge < -0.3 is 15.0 Å². The van der Waals surface area contributed by atoms with E-state index in [9.17, 15) is 4.79 Å². The molecule has 2 aliphatic rings. The van der Waals surface area contributed by atoms with E-state index in [4.69, 9.17) is 27.9 Å². The highest BCUT2D eigenvalue weighted by molar-refractivity contribution is 6.37. The van der Waals surface area contributed by atoms with Gasteiger partial charge in [-0.3, -0.25) is 9.69 Å². The fourth-order valence-electron chi connectivity index (χ4n) is 4.74. The summed E-state index contributed by atoms with van der Waals surface area (Å²) < 4.78 is 6.53. The number of ether oxygens (including phenoxy) is 1. The zero-order valence-electron chi connectivity index (χ0n) is 20.2. The Morgan fingerprint density at radius 1 is 1.00 bits per heavy atom. The van der Waals surface area contributed by atoms with E-state index >= 15 is 0 Å². The molecule has 190 valence electrons. The molecule has 11 heteroatoms. The van der Waals surface area contributed by atoms with Crippen molar-refractivity contribution >= 4 is 51.4 Å². The van der Waals surface area contributed by atoms with Crippen LogP contribution in [0.2, 0.25) is 10.0 Å². The van der Waals surface area contributed by atoms with Crippen molar-refractivity contribution in [3.05, 3.63) is 74.8 Å². The molecule has 1 N–H and O–H groups in total. The number of aromatic nitrogens is 4. The highest BCUT2D eigenvalue weighted by Gasteiger charge is 2.28. The molecule has 9 nitrogen and oxygen atoms in total. The number of piperazine rings is 1. The monoisotopic (exact) mass is 537 g/mol. The second kappa shape index (κ2) is 9.90. The van der Waals surface area contributed by atoms with Gasteiger partial charge in [0.15, 0.2) is 0 Å². The normalized spacial score (nSPS) is 16.7. The minimum Gasteiger partial charge on any atom is -0.378 e. The molecule has 37 heavy (non-hydrogen) atoms. The molecule has 2 fully saturated rings. The first kappa shape index (κ1) is 24.1. The lowest BCUT2D eigenvalue weighted by Gasteiger charge is -2.43. The van der Waals surface area contributed by atoms with Gasteiger partial charge in [-0.05, 0) is 43.3 Å². The summed E-state index contributed by atoms with van der Waals surface area (Å²) in [6.07, 6.45) is 1.50. The van der Waals surface area contributed by atoms with E-state index in [2.05, 4.69) is 42.3 Å². The van der Waals surface area contributed by atoms with Crippen molar-refractivity contribution in [2.45, 2.75) is 13.0 Å². The molecular weight excluding hydrogens is 513 g/mol. The number of hydrogen-bond acceptors (Lipinski definition) is 8. The summed E-state index contributed by atoms with van der Waals surface area (Å²) >= 11 is 12.6. The van der Waals surface area contributed by atoms with E-state index in [1.807, 2.05) is 12.1 Å². The summed E-state index contributed by atoms with van der Waals surface area (Å²) in [5.41, 5.74) is 3.01. The molecule has 2 saturated heterocycles. The number of benzene rings is 2. The van der Waals surface area contributed by atoms with Gasteiger partial charge in [0.05, 0.1) is 40.4 Å². The molecule has 0 atom stereocenters. The number of nitrogens with one attached hydrogen (secondary N) is 1. The third-order valence-electron chi connectivity index (χ3n) is 6.89. The molecule has 4 aromatic rings. The van der Waals surface area contributed by atoms with Gasteiger partial charge in [-0.1, -0.05) is 29.3 Å². The van der Waals surface area contributed by atoms with E-state index in [1.165, 1.54) is 16.6 Å². The van der Waals surface area contributed by atoms with E-state index in [-0.39, 0.29) is 0 Å². The predicted octanol–water partition coefficient (Wildman–Crippen LogP) is 4.06. The van der Waals surface area contributed by atoms with Crippen LogP contribution in [0, 0.1) is 6.92 Å². The molecular formula is C26H25Cl2N7O2. The van der Waals surface area contributed by atoms with Crippen molar-refractivity contribution in [3.63, 3.8) is 0 Å². The summed E-state index contributed by atoms with van der Waals surface area (Å²) in [7, 11) is 0. The number of rotatable bonds is 5. The summed E-state index contributed by atoms with van der Waals surface area (Å²) in [5, 5.41) is 8.66. The standard InChI is InChI=1S/C26H25Cl2N7O2/c1-16-23-20(25(36)35(32-16)24-21(27)3-2-4-22(24)28)13-29-26(31-23)30-17-5-7-18(8-6-17)33-9-11-34(12-10-33)19-14-37-15-19/h2-8,13,19H,9-12,14-15H2,1H3,(H,29,30,31). The molecule has 2 aliphatic heterocycles. The Balaban J connectivity index is 1.20. The van der Waals surface area contributed by atoms with E-state index in [1.54, 1.807) is 25.1 Å². The van der Waals surface area contributed by atoms with Gasteiger partial charge in [0.2, 0.25) is 5.95 Å². The van der Waals surface area contributed by atoms with Gasteiger partial charge in [-0.15, -0.1) is 0 Å². The van der Waals surface area contributed by atoms with Crippen LogP contribution in [-0.4, -0.2) is 70.1 Å². The number of halogens is 2. The minimum absolute atomic E-state index is 0.331. The van der Waals surface area contributed by atoms with Gasteiger partial charge in [0, 0.05) is 43.8 Å². The van der Waals surface area contributed by atoms with Crippen molar-refractivity contribution in [1.29, 1.82) is 0 Å². The third-order valence-corrected chi connectivity index (χ3v) is 7.50. The molecule has 6 rings (SSSR count). The molecule has 0 unspecified atom stereocenters. The minimum atomic E-state index is -0.392. The average molecular weight is 538 g/mol. The fourth-order valence-corrected chi connectivity index (χ4v) is 5.30. The number of nitrogens with zero attached hydrogens (tertiary/aromatic N) is 6. The number of fused-ring (bicyclic) bond motifs is 1. The number of anilines is 3. The van der Waals surface area contributed by atoms with Crippen LogP contribution in [0.5, 0.6) is 0 Å². The first-order valence-electron chi connectivity index (χ1n) is 12.1. The molecule has 0 aliphatic carbocycles. The molecule has 0 saturated carbocycles. The molecule has 2 aromatic carbocycles. The van der Waals surface area contributed by atoms with Crippen LogP contribution in [0.4, 0.5) is 17.3 Å². The Morgan fingerprint density at radius 2 is 1.70 bits per heavy atom. The largest absolute Gasteiger partial charge is 0.378 e. The SMILES string of the molecule is Cc1nn(-c2c(Cl)cccc2Cl)c(=O)c2cnc(Nc3ccc(N4CCN(C5COC5)CC4)cc3)nc12. The quantitative estimate of drug-likeness (QED) is 0.407. The van der Waals surface area contributed by atoms with Crippen LogP contribution in [0.1, 0.15) is 5.69 Å². The molecule has 4 heterocycles. The first-order chi connectivity index (χ1) is 18.0. The molecule has 0 spiro atoms. The smallest absolute Gasteiger partial charge is 0.282 e. The van der Waals surface area contributed by atoms with Crippen LogP contribution in [0.3, 0.4) is 0 Å². The van der Waals surface area contributed by atoms with Crippen molar-refractivity contribution in [1.82, 2.24) is 24.6 Å². The van der Waals surface area contributed by atoms with Crippen LogP contribution in [0.25, 0.3) is 16.6 Å². The fraction of sp³-hybridized carbons (Fsp3) is 0.308. The summed E-state index contributed by atoms with van der Waals surface area (Å²) in [6, 6.07) is 13.9. The van der Waals surface area contributed by atoms with Crippen LogP contribution >= 0.6 is 23.2 Å². The van der Waals surface area contributed by atoms with Gasteiger partial charge in [-0.2, -0.15) is 9.78 Å². The lowest BCUT2D eigenvalue weighted by Crippen LogP contribution is -2.56. The summed E-state index contributed by atoms with van der Waals surface area (Å²) in [4.78, 5) is 27.1. The van der Waals surface area contributed by atoms with Crippen molar-refractivity contribution < 1.29 is 4.74 Å². The Bertz CT molecular complexity index is 1490. The van der Waals surface area contributed by atoms with E-state index in [0.717, 1.165) is 45.1 Å². The number of hydrogen-bond donors (Lipinski definition) is 1. The zero-order valence-corrected chi connectivity index (χ0v) is 21.7. The van der Waals surface area contributed by atoms with Crippen molar-refractivity contribution in [3.8, 4) is 5.69 Å². The van der Waals surface area contributed by atoms with Crippen LogP contribution in [0.15, 0.2) is 53.5 Å². The molecule has 0 bridgehead atoms. The second-order valence-corrected chi connectivity index (χ2v) is 10.0. The summed E-state index contributed by atoms with van der Waals surface area (Å²) in [6.45, 7) is 7.61. The lowest BCUT2D eigenvalue weighted by molar-refractivity contribution is -0.0660. The number of aryl methyl sites for hydroxylation is 1.